The van der Waals surface area contributed by atoms with Crippen molar-refractivity contribution in [2.75, 3.05) is 0 Å². The third-order valence-corrected chi connectivity index (χ3v) is 4.73. The third kappa shape index (κ3) is 5.82. The Kier molecular flexibility index (Phi) is 6.16. The number of amides is 1. The summed E-state index contributed by atoms with van der Waals surface area (Å²) in [4.78, 5) is 11.4. The molecule has 1 N–H and O–H groups in total. The maximum Gasteiger partial charge on any atom is 0.471 e. The van der Waals surface area contributed by atoms with Crippen molar-refractivity contribution < 1.29 is 22.7 Å². The fourth-order valence-electron chi connectivity index (χ4n) is 3.21. The van der Waals surface area contributed by atoms with Gasteiger partial charge in [0, 0.05) is 6.04 Å². The normalized spacial score (nSPS) is 20.1. The predicted molar refractivity (Wildman–Crippen MR) is 96.0 cm³/mol. The first-order valence-corrected chi connectivity index (χ1v) is 9.05. The Balaban J connectivity index is 1.54. The number of alkyl halides is 3. The zero-order chi connectivity index (χ0) is 19.3. The molecule has 0 aromatic heterocycles. The van der Waals surface area contributed by atoms with E-state index in [0.717, 1.165) is 11.1 Å². The Morgan fingerprint density at radius 2 is 1.63 bits per heavy atom. The van der Waals surface area contributed by atoms with Crippen molar-refractivity contribution in [2.24, 2.45) is 0 Å². The van der Waals surface area contributed by atoms with Gasteiger partial charge in [-0.3, -0.25) is 4.79 Å². The molecule has 3 nitrogen and oxygen atoms in total. The van der Waals surface area contributed by atoms with E-state index < -0.39 is 18.1 Å². The van der Waals surface area contributed by atoms with Crippen LogP contribution in [0.25, 0.3) is 0 Å². The van der Waals surface area contributed by atoms with Crippen LogP contribution in [0.2, 0.25) is 0 Å². The fourth-order valence-corrected chi connectivity index (χ4v) is 3.21. The van der Waals surface area contributed by atoms with E-state index in [9.17, 15) is 18.0 Å². The van der Waals surface area contributed by atoms with Crippen molar-refractivity contribution in [3.8, 4) is 0 Å². The van der Waals surface area contributed by atoms with E-state index in [1.165, 1.54) is 0 Å². The number of hydrogen-bond acceptors (Lipinski definition) is 2. The summed E-state index contributed by atoms with van der Waals surface area (Å²) in [6, 6.07) is 18.7. The Morgan fingerprint density at radius 1 is 1.00 bits per heavy atom. The highest BCUT2D eigenvalue weighted by Gasteiger charge is 2.42. The standard InChI is InChI=1S/C21H22F3NO2/c22-21(23,24)20(26)25-17(12-11-15-7-3-1-4-8-15)13-14-18-19(27-18)16-9-5-2-6-10-16/h1-10,17-19H,11-14H2,(H,25,26)/t17?,18-,19-/m0/s1. The lowest BCUT2D eigenvalue weighted by Gasteiger charge is -2.19. The maximum atomic E-state index is 12.6. The molecular formula is C21H22F3NO2. The molecule has 1 aliphatic heterocycles. The molecule has 2 aromatic rings. The Bertz CT molecular complexity index is 734. The van der Waals surface area contributed by atoms with E-state index >= 15 is 0 Å². The molecule has 1 aliphatic rings. The molecule has 0 radical (unpaired) electrons. The zero-order valence-electron chi connectivity index (χ0n) is 14.8. The average Bonchev–Trinajstić information content (AvgIpc) is 3.44. The zero-order valence-corrected chi connectivity index (χ0v) is 14.8. The van der Waals surface area contributed by atoms with Crippen molar-refractivity contribution >= 4 is 5.91 Å². The second kappa shape index (κ2) is 8.57. The Labute approximate surface area is 156 Å². The van der Waals surface area contributed by atoms with Crippen LogP contribution in [0.1, 0.15) is 36.5 Å². The Morgan fingerprint density at radius 3 is 2.26 bits per heavy atom. The molecule has 3 atom stereocenters. The van der Waals surface area contributed by atoms with Gasteiger partial charge in [0.2, 0.25) is 0 Å². The number of benzene rings is 2. The molecule has 144 valence electrons. The predicted octanol–water partition coefficient (Wildman–Crippen LogP) is 4.59. The van der Waals surface area contributed by atoms with Crippen LogP contribution in [0.15, 0.2) is 60.7 Å². The number of ether oxygens (including phenoxy) is 1. The molecule has 0 aliphatic carbocycles. The van der Waals surface area contributed by atoms with Gasteiger partial charge in [-0.2, -0.15) is 13.2 Å². The van der Waals surface area contributed by atoms with Gasteiger partial charge in [-0.15, -0.1) is 0 Å². The highest BCUT2D eigenvalue weighted by atomic mass is 19.4. The topological polar surface area (TPSA) is 41.6 Å². The third-order valence-electron chi connectivity index (χ3n) is 4.73. The minimum Gasteiger partial charge on any atom is -0.365 e. The first kappa shape index (κ1) is 19.4. The molecule has 0 bridgehead atoms. The van der Waals surface area contributed by atoms with Crippen LogP contribution < -0.4 is 5.32 Å². The van der Waals surface area contributed by atoms with Gasteiger partial charge in [0.1, 0.15) is 6.10 Å². The van der Waals surface area contributed by atoms with Crippen LogP contribution in [0, 0.1) is 0 Å². The average molecular weight is 377 g/mol. The molecule has 1 saturated heterocycles. The van der Waals surface area contributed by atoms with Crippen LogP contribution >= 0.6 is 0 Å². The highest BCUT2D eigenvalue weighted by Crippen LogP contribution is 2.41. The summed E-state index contributed by atoms with van der Waals surface area (Å²) in [6.45, 7) is 0. The second-order valence-corrected chi connectivity index (χ2v) is 6.78. The molecular weight excluding hydrogens is 355 g/mol. The molecule has 27 heavy (non-hydrogen) atoms. The summed E-state index contributed by atoms with van der Waals surface area (Å²) in [5.41, 5.74) is 2.11. The van der Waals surface area contributed by atoms with E-state index in [0.29, 0.717) is 25.7 Å². The molecule has 1 heterocycles. The van der Waals surface area contributed by atoms with Crippen LogP contribution in [0.4, 0.5) is 13.2 Å². The molecule has 1 amide bonds. The maximum absolute atomic E-state index is 12.6. The van der Waals surface area contributed by atoms with Crippen molar-refractivity contribution in [1.29, 1.82) is 0 Å². The van der Waals surface area contributed by atoms with Gasteiger partial charge >= 0.3 is 12.1 Å². The highest BCUT2D eigenvalue weighted by molar-refractivity contribution is 5.81. The first-order valence-electron chi connectivity index (χ1n) is 9.05. The van der Waals surface area contributed by atoms with Crippen LogP contribution in [-0.4, -0.2) is 24.2 Å². The number of rotatable bonds is 8. The number of epoxide rings is 1. The van der Waals surface area contributed by atoms with Crippen molar-refractivity contribution in [3.05, 3.63) is 71.8 Å². The van der Waals surface area contributed by atoms with Gasteiger partial charge in [-0.1, -0.05) is 60.7 Å². The summed E-state index contributed by atoms with van der Waals surface area (Å²) in [5.74, 6) is -1.88. The number of nitrogens with one attached hydrogen (secondary N) is 1. The SMILES string of the molecule is O=C(NC(CCc1ccccc1)CC[C@@H]1O[C@H]1c1ccccc1)C(F)(F)F. The fraction of sp³-hybridized carbons (Fsp3) is 0.381. The molecule has 0 saturated carbocycles. The van der Waals surface area contributed by atoms with Crippen molar-refractivity contribution in [2.45, 2.75) is 50.1 Å². The van der Waals surface area contributed by atoms with Gasteiger partial charge in [0.05, 0.1) is 6.10 Å². The van der Waals surface area contributed by atoms with E-state index in [1.807, 2.05) is 60.7 Å². The quantitative estimate of drug-likeness (QED) is 0.684. The van der Waals surface area contributed by atoms with Gasteiger partial charge in [-0.25, -0.2) is 0 Å². The van der Waals surface area contributed by atoms with Crippen LogP contribution in [0.5, 0.6) is 0 Å². The summed E-state index contributed by atoms with van der Waals surface area (Å²) in [5, 5.41) is 2.15. The number of halogens is 3. The van der Waals surface area contributed by atoms with E-state index in [2.05, 4.69) is 5.32 Å². The lowest BCUT2D eigenvalue weighted by Crippen LogP contribution is -2.43. The van der Waals surface area contributed by atoms with Crippen LogP contribution in [0.3, 0.4) is 0 Å². The van der Waals surface area contributed by atoms with E-state index in [4.69, 9.17) is 4.74 Å². The minimum absolute atomic E-state index is 0.000656. The summed E-state index contributed by atoms with van der Waals surface area (Å²) in [7, 11) is 0. The number of aryl methyl sites for hydroxylation is 1. The van der Waals surface area contributed by atoms with Gasteiger partial charge < -0.3 is 10.1 Å². The molecule has 6 heteroatoms. The summed E-state index contributed by atoms with van der Waals surface area (Å²) < 4.78 is 43.5. The van der Waals surface area contributed by atoms with Gasteiger partial charge in [0.25, 0.3) is 0 Å². The van der Waals surface area contributed by atoms with E-state index in [1.54, 1.807) is 0 Å². The smallest absolute Gasteiger partial charge is 0.365 e. The Hall–Kier alpha value is -2.34. The number of carbonyl (C=O) groups is 1. The lowest BCUT2D eigenvalue weighted by molar-refractivity contribution is -0.174. The number of hydrogen-bond donors (Lipinski definition) is 1. The largest absolute Gasteiger partial charge is 0.471 e. The monoisotopic (exact) mass is 377 g/mol. The molecule has 1 unspecified atom stereocenters. The van der Waals surface area contributed by atoms with Crippen LogP contribution in [-0.2, 0) is 16.0 Å². The number of carbonyl (C=O) groups excluding carboxylic acids is 1. The van der Waals surface area contributed by atoms with Crippen molar-refractivity contribution in [1.82, 2.24) is 5.32 Å². The molecule has 1 fully saturated rings. The summed E-state index contributed by atoms with van der Waals surface area (Å²) in [6.07, 6.45) is -2.76. The molecule has 0 spiro atoms. The van der Waals surface area contributed by atoms with Crippen molar-refractivity contribution in [3.63, 3.8) is 0 Å². The molecule has 2 aromatic carbocycles. The molecule has 3 rings (SSSR count). The van der Waals surface area contributed by atoms with Gasteiger partial charge in [-0.05, 0) is 36.8 Å². The first-order chi connectivity index (χ1) is 12.9. The lowest BCUT2D eigenvalue weighted by atomic mass is 9.99. The summed E-state index contributed by atoms with van der Waals surface area (Å²) >= 11 is 0. The van der Waals surface area contributed by atoms with E-state index in [-0.39, 0.29) is 12.2 Å². The van der Waals surface area contributed by atoms with Gasteiger partial charge in [0.15, 0.2) is 0 Å². The second-order valence-electron chi connectivity index (χ2n) is 6.78. The minimum atomic E-state index is -4.87.